The van der Waals surface area contributed by atoms with Gasteiger partial charge in [0, 0.05) is 30.8 Å². The zero-order valence-electron chi connectivity index (χ0n) is 13.7. The van der Waals surface area contributed by atoms with Gasteiger partial charge in [0.2, 0.25) is 0 Å². The fourth-order valence-corrected chi connectivity index (χ4v) is 2.13. The van der Waals surface area contributed by atoms with Crippen molar-refractivity contribution in [3.8, 4) is 5.75 Å². The van der Waals surface area contributed by atoms with Crippen LogP contribution < -0.4 is 15.4 Å². The first-order valence-corrected chi connectivity index (χ1v) is 7.63. The highest BCUT2D eigenvalue weighted by molar-refractivity contribution is 6.31. The second-order valence-corrected chi connectivity index (χ2v) is 5.37. The van der Waals surface area contributed by atoms with E-state index in [9.17, 15) is 4.79 Å². The molecule has 0 saturated carbocycles. The van der Waals surface area contributed by atoms with Crippen molar-refractivity contribution in [3.63, 3.8) is 0 Å². The maximum absolute atomic E-state index is 12.4. The van der Waals surface area contributed by atoms with E-state index in [1.807, 2.05) is 6.92 Å². The van der Waals surface area contributed by atoms with E-state index in [1.54, 1.807) is 25.3 Å². The Kier molecular flexibility index (Phi) is 6.34. The van der Waals surface area contributed by atoms with E-state index in [4.69, 9.17) is 21.1 Å². The van der Waals surface area contributed by atoms with Gasteiger partial charge < -0.3 is 20.1 Å². The van der Waals surface area contributed by atoms with Gasteiger partial charge in [0.25, 0.3) is 5.91 Å². The number of nitrogens with one attached hydrogen (secondary N) is 2. The number of hydrogen-bond acceptors (Lipinski definition) is 6. The third-order valence-corrected chi connectivity index (χ3v) is 3.65. The van der Waals surface area contributed by atoms with E-state index in [-0.39, 0.29) is 11.6 Å². The molecule has 0 unspecified atom stereocenters. The van der Waals surface area contributed by atoms with Crippen molar-refractivity contribution < 1.29 is 14.3 Å². The van der Waals surface area contributed by atoms with Crippen LogP contribution in [-0.2, 0) is 4.74 Å². The molecule has 7 nitrogen and oxygen atoms in total. The van der Waals surface area contributed by atoms with Crippen LogP contribution in [0.5, 0.6) is 5.75 Å². The number of ether oxygens (including phenoxy) is 2. The highest BCUT2D eigenvalue weighted by Crippen LogP contribution is 2.31. The standard InChI is InChI=1S/C16H19ClN4O3/c1-10-6-12(14(24-3)7-11(10)17)21-16(22)13-8-15(20-9-19-13)18-4-5-23-2/h6-9H,4-5H2,1-3H3,(H,21,22)(H,18,19,20). The number of aromatic nitrogens is 2. The van der Waals surface area contributed by atoms with Crippen LogP contribution in [0.3, 0.4) is 0 Å². The van der Waals surface area contributed by atoms with E-state index in [0.29, 0.717) is 35.4 Å². The minimum atomic E-state index is -0.368. The van der Waals surface area contributed by atoms with Gasteiger partial charge in [-0.05, 0) is 18.6 Å². The van der Waals surface area contributed by atoms with Crippen LogP contribution in [-0.4, -0.2) is 43.2 Å². The summed E-state index contributed by atoms with van der Waals surface area (Å²) in [7, 11) is 3.13. The molecule has 0 saturated heterocycles. The molecule has 0 aliphatic heterocycles. The quantitative estimate of drug-likeness (QED) is 0.747. The molecule has 0 atom stereocenters. The van der Waals surface area contributed by atoms with Gasteiger partial charge >= 0.3 is 0 Å². The number of hydrogen-bond donors (Lipinski definition) is 2. The number of anilines is 2. The monoisotopic (exact) mass is 350 g/mol. The molecular weight excluding hydrogens is 332 g/mol. The van der Waals surface area contributed by atoms with Gasteiger partial charge in [-0.2, -0.15) is 0 Å². The number of amides is 1. The number of carbonyl (C=O) groups excluding carboxylic acids is 1. The molecule has 2 rings (SSSR count). The van der Waals surface area contributed by atoms with E-state index in [0.717, 1.165) is 5.56 Å². The normalized spacial score (nSPS) is 10.3. The van der Waals surface area contributed by atoms with Crippen molar-refractivity contribution in [3.05, 3.63) is 40.8 Å². The lowest BCUT2D eigenvalue weighted by molar-refractivity contribution is 0.102. The Morgan fingerprint density at radius 2 is 2.04 bits per heavy atom. The summed E-state index contributed by atoms with van der Waals surface area (Å²) < 4.78 is 10.2. The molecule has 0 spiro atoms. The largest absolute Gasteiger partial charge is 0.495 e. The molecule has 0 aliphatic carbocycles. The molecular formula is C16H19ClN4O3. The van der Waals surface area contributed by atoms with Gasteiger partial charge in [-0.1, -0.05) is 11.6 Å². The summed E-state index contributed by atoms with van der Waals surface area (Å²) in [6.07, 6.45) is 1.33. The molecule has 2 N–H and O–H groups in total. The van der Waals surface area contributed by atoms with E-state index >= 15 is 0 Å². The van der Waals surface area contributed by atoms with E-state index in [2.05, 4.69) is 20.6 Å². The van der Waals surface area contributed by atoms with Gasteiger partial charge in [0.05, 0.1) is 19.4 Å². The molecule has 8 heteroatoms. The van der Waals surface area contributed by atoms with Crippen molar-refractivity contribution in [2.75, 3.05) is 38.0 Å². The molecule has 1 aromatic carbocycles. The van der Waals surface area contributed by atoms with Crippen LogP contribution in [0.15, 0.2) is 24.5 Å². The Labute approximate surface area is 145 Å². The van der Waals surface area contributed by atoms with Crippen molar-refractivity contribution >= 4 is 29.0 Å². The predicted octanol–water partition coefficient (Wildman–Crippen LogP) is 2.76. The van der Waals surface area contributed by atoms with Crippen LogP contribution in [0.1, 0.15) is 16.1 Å². The zero-order chi connectivity index (χ0) is 17.5. The Morgan fingerprint density at radius 1 is 1.25 bits per heavy atom. The van der Waals surface area contributed by atoms with Crippen LogP contribution in [0, 0.1) is 6.92 Å². The maximum atomic E-state index is 12.4. The summed E-state index contributed by atoms with van der Waals surface area (Å²) in [5, 5.41) is 6.39. The first kappa shape index (κ1) is 18.0. The number of benzene rings is 1. The molecule has 1 aromatic heterocycles. The molecule has 0 aliphatic rings. The third kappa shape index (κ3) is 4.56. The number of aryl methyl sites for hydroxylation is 1. The average molecular weight is 351 g/mol. The van der Waals surface area contributed by atoms with Gasteiger partial charge in [-0.3, -0.25) is 4.79 Å². The number of methoxy groups -OCH3 is 2. The lowest BCUT2D eigenvalue weighted by Gasteiger charge is -2.12. The summed E-state index contributed by atoms with van der Waals surface area (Å²) in [4.78, 5) is 20.5. The summed E-state index contributed by atoms with van der Waals surface area (Å²) in [5.74, 6) is 0.658. The van der Waals surface area contributed by atoms with Gasteiger partial charge in [0.1, 0.15) is 23.6 Å². The average Bonchev–Trinajstić information content (AvgIpc) is 2.58. The number of nitrogens with zero attached hydrogens (tertiary/aromatic N) is 2. The SMILES string of the molecule is COCCNc1cc(C(=O)Nc2cc(C)c(Cl)cc2OC)ncn1. The lowest BCUT2D eigenvalue weighted by Crippen LogP contribution is -2.16. The number of rotatable bonds is 7. The second-order valence-electron chi connectivity index (χ2n) is 4.96. The van der Waals surface area contributed by atoms with Crippen LogP contribution in [0.4, 0.5) is 11.5 Å². The van der Waals surface area contributed by atoms with Crippen LogP contribution in [0.2, 0.25) is 5.02 Å². The Bertz CT molecular complexity index is 724. The molecule has 128 valence electrons. The van der Waals surface area contributed by atoms with Gasteiger partial charge in [-0.25, -0.2) is 9.97 Å². The summed E-state index contributed by atoms with van der Waals surface area (Å²) in [6.45, 7) is 2.96. The van der Waals surface area contributed by atoms with E-state index < -0.39 is 0 Å². The lowest BCUT2D eigenvalue weighted by atomic mass is 10.2. The fraction of sp³-hybridized carbons (Fsp3) is 0.312. The Morgan fingerprint density at radius 3 is 2.75 bits per heavy atom. The molecule has 0 fully saturated rings. The highest BCUT2D eigenvalue weighted by atomic mass is 35.5. The smallest absolute Gasteiger partial charge is 0.274 e. The number of carbonyl (C=O) groups is 1. The molecule has 1 heterocycles. The first-order valence-electron chi connectivity index (χ1n) is 7.25. The third-order valence-electron chi connectivity index (χ3n) is 3.24. The predicted molar refractivity (Wildman–Crippen MR) is 93.1 cm³/mol. The Hall–Kier alpha value is -2.38. The molecule has 2 aromatic rings. The summed E-state index contributed by atoms with van der Waals surface area (Å²) in [6, 6.07) is 4.97. The van der Waals surface area contributed by atoms with Crippen LogP contribution in [0.25, 0.3) is 0 Å². The minimum absolute atomic E-state index is 0.236. The van der Waals surface area contributed by atoms with Crippen LogP contribution >= 0.6 is 11.6 Å². The minimum Gasteiger partial charge on any atom is -0.495 e. The maximum Gasteiger partial charge on any atom is 0.274 e. The molecule has 24 heavy (non-hydrogen) atoms. The van der Waals surface area contributed by atoms with Gasteiger partial charge in [-0.15, -0.1) is 0 Å². The summed E-state index contributed by atoms with van der Waals surface area (Å²) in [5.41, 5.74) is 1.59. The van der Waals surface area contributed by atoms with Crippen molar-refractivity contribution in [2.24, 2.45) is 0 Å². The van der Waals surface area contributed by atoms with Crippen molar-refractivity contribution in [1.82, 2.24) is 9.97 Å². The molecule has 0 radical (unpaired) electrons. The fourth-order valence-electron chi connectivity index (χ4n) is 1.98. The highest BCUT2D eigenvalue weighted by Gasteiger charge is 2.13. The Balaban J connectivity index is 2.15. The first-order chi connectivity index (χ1) is 11.5. The van der Waals surface area contributed by atoms with Crippen molar-refractivity contribution in [1.29, 1.82) is 0 Å². The summed E-state index contributed by atoms with van der Waals surface area (Å²) >= 11 is 6.07. The van der Waals surface area contributed by atoms with Gasteiger partial charge in [0.15, 0.2) is 0 Å². The molecule has 0 bridgehead atoms. The molecule has 1 amide bonds. The van der Waals surface area contributed by atoms with E-state index in [1.165, 1.54) is 13.4 Å². The topological polar surface area (TPSA) is 85.4 Å². The van der Waals surface area contributed by atoms with Crippen molar-refractivity contribution in [2.45, 2.75) is 6.92 Å². The zero-order valence-corrected chi connectivity index (χ0v) is 14.5. The second kappa shape index (κ2) is 8.47. The number of halogens is 1.